The molecule has 0 aliphatic carbocycles. The molecule has 34 heavy (non-hydrogen) atoms. The van der Waals surface area contributed by atoms with Crippen LogP contribution in [0.15, 0.2) is 40.9 Å². The Bertz CT molecular complexity index is 1000. The number of ether oxygens (including phenoxy) is 1. The smallest absolute Gasteiger partial charge is 0.261 e. The van der Waals surface area contributed by atoms with Gasteiger partial charge in [-0.2, -0.15) is 0 Å². The number of nitrogens with one attached hydrogen (secondary N) is 1. The highest BCUT2D eigenvalue weighted by molar-refractivity contribution is 9.10. The highest BCUT2D eigenvalue weighted by Crippen LogP contribution is 2.30. The summed E-state index contributed by atoms with van der Waals surface area (Å²) in [7, 11) is 0. The van der Waals surface area contributed by atoms with Crippen LogP contribution in [0.4, 0.5) is 0 Å². The molecule has 0 bridgehead atoms. The van der Waals surface area contributed by atoms with Crippen LogP contribution in [0.5, 0.6) is 5.75 Å². The number of amides is 2. The van der Waals surface area contributed by atoms with Gasteiger partial charge in [0.2, 0.25) is 5.91 Å². The minimum atomic E-state index is -0.713. The first-order valence-electron chi connectivity index (χ1n) is 11.3. The Morgan fingerprint density at radius 2 is 1.74 bits per heavy atom. The lowest BCUT2D eigenvalue weighted by Gasteiger charge is -2.33. The van der Waals surface area contributed by atoms with E-state index in [2.05, 4.69) is 35.1 Å². The first-order chi connectivity index (χ1) is 15.8. The molecule has 0 saturated carbocycles. The zero-order valence-corrected chi connectivity index (χ0v) is 23.6. The second-order valence-electron chi connectivity index (χ2n) is 9.52. The van der Waals surface area contributed by atoms with Gasteiger partial charge in [0.15, 0.2) is 6.61 Å². The molecule has 1 atom stereocenters. The molecule has 0 radical (unpaired) electrons. The van der Waals surface area contributed by atoms with Gasteiger partial charge >= 0.3 is 0 Å². The van der Waals surface area contributed by atoms with Crippen molar-refractivity contribution in [3.8, 4) is 5.75 Å². The zero-order valence-electron chi connectivity index (χ0n) is 20.5. The van der Waals surface area contributed by atoms with E-state index in [4.69, 9.17) is 27.9 Å². The van der Waals surface area contributed by atoms with Crippen LogP contribution in [-0.2, 0) is 16.1 Å². The molecule has 186 valence electrons. The molecule has 0 aliphatic rings. The largest absolute Gasteiger partial charge is 0.483 e. The van der Waals surface area contributed by atoms with Gasteiger partial charge in [-0.1, -0.05) is 56.1 Å². The SMILES string of the molecule is CC[C@@H](C(=O)NC(C)(C)C)N(Cc1c(Cl)cccc1Cl)C(=O)COc1ccc(C(C)C)cc1Br. The lowest BCUT2D eigenvalue weighted by Crippen LogP contribution is -2.54. The number of halogens is 3. The third-order valence-electron chi connectivity index (χ3n) is 5.25. The van der Waals surface area contributed by atoms with Crippen molar-refractivity contribution in [3.05, 3.63) is 62.0 Å². The molecule has 0 unspecified atom stereocenters. The molecule has 1 N–H and O–H groups in total. The fourth-order valence-electron chi connectivity index (χ4n) is 3.44. The molecule has 2 amide bonds. The molecular formula is C26H33BrCl2N2O3. The molecule has 5 nitrogen and oxygen atoms in total. The van der Waals surface area contributed by atoms with Crippen molar-refractivity contribution in [2.75, 3.05) is 6.61 Å². The third-order valence-corrected chi connectivity index (χ3v) is 6.58. The van der Waals surface area contributed by atoms with E-state index < -0.39 is 11.6 Å². The Labute approximate surface area is 221 Å². The molecule has 0 saturated heterocycles. The Kier molecular flexibility index (Phi) is 10.3. The molecule has 0 aliphatic heterocycles. The Balaban J connectivity index is 2.32. The summed E-state index contributed by atoms with van der Waals surface area (Å²) >= 11 is 16.3. The van der Waals surface area contributed by atoms with Gasteiger partial charge < -0.3 is 15.0 Å². The molecule has 2 aromatic carbocycles. The third kappa shape index (κ3) is 7.89. The summed E-state index contributed by atoms with van der Waals surface area (Å²) < 4.78 is 6.62. The summed E-state index contributed by atoms with van der Waals surface area (Å²) in [4.78, 5) is 28.0. The molecule has 8 heteroatoms. The predicted octanol–water partition coefficient (Wildman–Crippen LogP) is 6.98. The van der Waals surface area contributed by atoms with E-state index in [1.54, 1.807) is 18.2 Å². The topological polar surface area (TPSA) is 58.6 Å². The quantitative estimate of drug-likeness (QED) is 0.353. The van der Waals surface area contributed by atoms with Crippen molar-refractivity contribution in [2.24, 2.45) is 0 Å². The highest BCUT2D eigenvalue weighted by Gasteiger charge is 2.31. The van der Waals surface area contributed by atoms with E-state index >= 15 is 0 Å². The van der Waals surface area contributed by atoms with Gasteiger partial charge in [0.05, 0.1) is 4.47 Å². The van der Waals surface area contributed by atoms with Crippen LogP contribution in [0.2, 0.25) is 10.0 Å². The minimum absolute atomic E-state index is 0.0875. The van der Waals surface area contributed by atoms with Crippen molar-refractivity contribution in [3.63, 3.8) is 0 Å². The zero-order chi connectivity index (χ0) is 25.6. The van der Waals surface area contributed by atoms with Crippen LogP contribution < -0.4 is 10.1 Å². The summed E-state index contributed by atoms with van der Waals surface area (Å²) in [5.41, 5.74) is 1.30. The Hall–Kier alpha value is -1.76. The second kappa shape index (κ2) is 12.3. The van der Waals surface area contributed by atoms with Gasteiger partial charge in [-0.15, -0.1) is 0 Å². The number of nitrogens with zero attached hydrogens (tertiary/aromatic N) is 1. The van der Waals surface area contributed by atoms with Crippen LogP contribution in [0.1, 0.15) is 65.0 Å². The summed E-state index contributed by atoms with van der Waals surface area (Å²) in [6, 6.07) is 10.3. The number of hydrogen-bond acceptors (Lipinski definition) is 3. The highest BCUT2D eigenvalue weighted by atomic mass is 79.9. The molecule has 0 aromatic heterocycles. The Morgan fingerprint density at radius 3 is 2.24 bits per heavy atom. The van der Waals surface area contributed by atoms with E-state index in [-0.39, 0.29) is 25.0 Å². The monoisotopic (exact) mass is 570 g/mol. The standard InChI is InChI=1S/C26H33BrCl2N2O3/c1-7-22(25(33)30-26(4,5)6)31(14-18-20(28)9-8-10-21(18)29)24(32)15-34-23-12-11-17(16(2)3)13-19(23)27/h8-13,16,22H,7,14-15H2,1-6H3,(H,30,33)/t22-/m0/s1. The van der Waals surface area contributed by atoms with E-state index in [1.165, 1.54) is 4.90 Å². The lowest BCUT2D eigenvalue weighted by molar-refractivity contribution is -0.143. The molecular weight excluding hydrogens is 539 g/mol. The summed E-state index contributed by atoms with van der Waals surface area (Å²) in [5.74, 6) is 0.343. The van der Waals surface area contributed by atoms with Crippen molar-refractivity contribution in [1.82, 2.24) is 10.2 Å². The lowest BCUT2D eigenvalue weighted by atomic mass is 10.0. The number of carbonyl (C=O) groups is 2. The second-order valence-corrected chi connectivity index (χ2v) is 11.2. The van der Waals surface area contributed by atoms with Gasteiger partial charge in [0.1, 0.15) is 11.8 Å². The van der Waals surface area contributed by atoms with Crippen LogP contribution >= 0.6 is 39.1 Å². The summed E-state index contributed by atoms with van der Waals surface area (Å²) in [6.45, 7) is 11.6. The number of hydrogen-bond donors (Lipinski definition) is 1. The summed E-state index contributed by atoms with van der Waals surface area (Å²) in [6.07, 6.45) is 0.419. The van der Waals surface area contributed by atoms with E-state index in [1.807, 2.05) is 45.9 Å². The van der Waals surface area contributed by atoms with E-state index in [0.717, 1.165) is 10.0 Å². The number of benzene rings is 2. The van der Waals surface area contributed by atoms with Crippen molar-refractivity contribution >= 4 is 50.9 Å². The Morgan fingerprint density at radius 1 is 1.12 bits per heavy atom. The van der Waals surface area contributed by atoms with Crippen LogP contribution in [0, 0.1) is 0 Å². The molecule has 2 rings (SSSR count). The average Bonchev–Trinajstić information content (AvgIpc) is 2.73. The summed E-state index contributed by atoms with van der Waals surface area (Å²) in [5, 5.41) is 3.84. The maximum Gasteiger partial charge on any atom is 0.261 e. The van der Waals surface area contributed by atoms with Crippen LogP contribution in [0.25, 0.3) is 0 Å². The molecule has 0 spiro atoms. The van der Waals surface area contributed by atoms with E-state index in [0.29, 0.717) is 33.7 Å². The van der Waals surface area contributed by atoms with Crippen molar-refractivity contribution in [2.45, 2.75) is 72.0 Å². The minimum Gasteiger partial charge on any atom is -0.483 e. The van der Waals surface area contributed by atoms with Gasteiger partial charge in [-0.25, -0.2) is 0 Å². The maximum absolute atomic E-state index is 13.4. The first-order valence-corrected chi connectivity index (χ1v) is 12.9. The average molecular weight is 572 g/mol. The molecule has 0 heterocycles. The number of rotatable bonds is 9. The fourth-order valence-corrected chi connectivity index (χ4v) is 4.47. The van der Waals surface area contributed by atoms with Gasteiger partial charge in [0, 0.05) is 27.7 Å². The predicted molar refractivity (Wildman–Crippen MR) is 143 cm³/mol. The number of carbonyl (C=O) groups excluding carboxylic acids is 2. The van der Waals surface area contributed by atoms with Gasteiger partial charge in [0.25, 0.3) is 5.91 Å². The van der Waals surface area contributed by atoms with E-state index in [9.17, 15) is 9.59 Å². The van der Waals surface area contributed by atoms with Gasteiger partial charge in [-0.05, 0) is 78.9 Å². The van der Waals surface area contributed by atoms with Crippen molar-refractivity contribution in [1.29, 1.82) is 0 Å². The normalized spacial score (nSPS) is 12.4. The maximum atomic E-state index is 13.4. The van der Waals surface area contributed by atoms with Gasteiger partial charge in [-0.3, -0.25) is 9.59 Å². The first kappa shape index (κ1) is 28.5. The molecule has 0 fully saturated rings. The molecule has 2 aromatic rings. The van der Waals surface area contributed by atoms with Crippen molar-refractivity contribution < 1.29 is 14.3 Å². The fraction of sp³-hybridized carbons (Fsp3) is 0.462. The van der Waals surface area contributed by atoms with Crippen LogP contribution in [-0.4, -0.2) is 34.9 Å². The van der Waals surface area contributed by atoms with Crippen LogP contribution in [0.3, 0.4) is 0 Å².